The second kappa shape index (κ2) is 8.34. The molecule has 0 aliphatic rings. The van der Waals surface area contributed by atoms with Crippen LogP contribution >= 0.6 is 0 Å². The van der Waals surface area contributed by atoms with Crippen LogP contribution in [0.4, 0.5) is 0 Å². The van der Waals surface area contributed by atoms with E-state index in [0.717, 1.165) is 19.5 Å². The molecule has 0 atom stereocenters. The molecule has 0 unspecified atom stereocenters. The average molecular weight is 199 g/mol. The van der Waals surface area contributed by atoms with E-state index < -0.39 is 0 Å². The van der Waals surface area contributed by atoms with Crippen LogP contribution in [0.2, 0.25) is 0 Å². The molecule has 0 aromatic carbocycles. The average Bonchev–Trinajstić information content (AvgIpc) is 2.21. The molecule has 0 saturated heterocycles. The maximum atomic E-state index is 10.9. The molecule has 0 aliphatic carbocycles. The lowest BCUT2D eigenvalue weighted by Gasteiger charge is -2.14. The third-order valence-corrected chi connectivity index (χ3v) is 1.86. The van der Waals surface area contributed by atoms with E-state index in [1.165, 1.54) is 0 Å². The Bertz CT molecular complexity index is 212. The molecule has 6 nitrogen and oxygen atoms in total. The summed E-state index contributed by atoms with van der Waals surface area (Å²) in [6.45, 7) is 2.09. The van der Waals surface area contributed by atoms with Crippen molar-refractivity contribution in [3.05, 3.63) is 10.4 Å². The molecular weight excluding hydrogens is 182 g/mol. The topological polar surface area (TPSA) is 81.1 Å². The maximum Gasteiger partial charge on any atom is 0.221 e. The maximum absolute atomic E-state index is 10.9. The molecule has 80 valence electrons. The van der Waals surface area contributed by atoms with Crippen molar-refractivity contribution in [3.63, 3.8) is 0 Å². The molecule has 0 aromatic rings. The Morgan fingerprint density at radius 1 is 1.57 bits per heavy atom. The zero-order valence-electron chi connectivity index (χ0n) is 8.73. The first-order valence-corrected chi connectivity index (χ1v) is 4.60. The number of hydrogen-bond acceptors (Lipinski definition) is 3. The number of azide groups is 1. The second-order valence-electron chi connectivity index (χ2n) is 3.03. The normalized spacial score (nSPS) is 9.64. The molecular formula is C8H17N5O. The SMILES string of the molecule is CNC(=O)CCN(C)CCCN=[N+]=[N-]. The van der Waals surface area contributed by atoms with Crippen molar-refractivity contribution in [3.8, 4) is 0 Å². The molecule has 0 rings (SSSR count). The van der Waals surface area contributed by atoms with Crippen molar-refractivity contribution in [2.24, 2.45) is 5.11 Å². The standard InChI is InChI=1S/C8H17N5O/c1-10-8(14)4-7-13(2)6-3-5-11-12-9/h3-7H2,1-2H3,(H,10,14). The van der Waals surface area contributed by atoms with Crippen molar-refractivity contribution < 1.29 is 4.79 Å². The summed E-state index contributed by atoms with van der Waals surface area (Å²) in [6.07, 6.45) is 1.34. The second-order valence-corrected chi connectivity index (χ2v) is 3.03. The van der Waals surface area contributed by atoms with Gasteiger partial charge in [0, 0.05) is 31.5 Å². The number of rotatable bonds is 7. The van der Waals surface area contributed by atoms with E-state index in [1.807, 2.05) is 11.9 Å². The van der Waals surface area contributed by atoms with Crippen LogP contribution in [0.1, 0.15) is 12.8 Å². The largest absolute Gasteiger partial charge is 0.359 e. The minimum Gasteiger partial charge on any atom is -0.359 e. The molecule has 1 N–H and O–H groups in total. The van der Waals surface area contributed by atoms with Crippen LogP contribution in [0.5, 0.6) is 0 Å². The first-order valence-electron chi connectivity index (χ1n) is 4.60. The van der Waals surface area contributed by atoms with Crippen LogP contribution in [-0.2, 0) is 4.79 Å². The van der Waals surface area contributed by atoms with Gasteiger partial charge in [-0.2, -0.15) is 0 Å². The van der Waals surface area contributed by atoms with Crippen LogP contribution in [0, 0.1) is 0 Å². The fourth-order valence-corrected chi connectivity index (χ4v) is 0.985. The predicted molar refractivity (Wildman–Crippen MR) is 54.8 cm³/mol. The van der Waals surface area contributed by atoms with E-state index in [9.17, 15) is 4.79 Å². The van der Waals surface area contributed by atoms with Gasteiger partial charge in [0.25, 0.3) is 0 Å². The highest BCUT2D eigenvalue weighted by Crippen LogP contribution is 1.91. The van der Waals surface area contributed by atoms with E-state index in [2.05, 4.69) is 15.3 Å². The molecule has 0 radical (unpaired) electrons. The quantitative estimate of drug-likeness (QED) is 0.284. The number of nitrogens with one attached hydrogen (secondary N) is 1. The van der Waals surface area contributed by atoms with Crippen molar-refractivity contribution in [1.29, 1.82) is 0 Å². The monoisotopic (exact) mass is 199 g/mol. The Labute approximate surface area is 83.9 Å². The number of nitrogens with zero attached hydrogens (tertiary/aromatic N) is 4. The number of carbonyl (C=O) groups excluding carboxylic acids is 1. The zero-order valence-corrected chi connectivity index (χ0v) is 8.73. The summed E-state index contributed by atoms with van der Waals surface area (Å²) in [4.78, 5) is 15.6. The van der Waals surface area contributed by atoms with Gasteiger partial charge in [-0.3, -0.25) is 4.79 Å². The van der Waals surface area contributed by atoms with Gasteiger partial charge in [0.1, 0.15) is 0 Å². The van der Waals surface area contributed by atoms with E-state index in [1.54, 1.807) is 7.05 Å². The summed E-state index contributed by atoms with van der Waals surface area (Å²) >= 11 is 0. The number of carbonyl (C=O) groups is 1. The molecule has 0 fully saturated rings. The Morgan fingerprint density at radius 3 is 2.86 bits per heavy atom. The predicted octanol–water partition coefficient (Wildman–Crippen LogP) is 0.755. The number of amides is 1. The van der Waals surface area contributed by atoms with E-state index >= 15 is 0 Å². The Hall–Kier alpha value is -1.26. The van der Waals surface area contributed by atoms with Gasteiger partial charge >= 0.3 is 0 Å². The summed E-state index contributed by atoms with van der Waals surface area (Å²) < 4.78 is 0. The Balaban J connectivity index is 3.40. The van der Waals surface area contributed by atoms with Crippen molar-refractivity contribution in [1.82, 2.24) is 10.2 Å². The molecule has 0 bridgehead atoms. The van der Waals surface area contributed by atoms with Crippen LogP contribution in [0.3, 0.4) is 0 Å². The van der Waals surface area contributed by atoms with Crippen LogP contribution in [-0.4, -0.2) is 44.5 Å². The van der Waals surface area contributed by atoms with Crippen LogP contribution in [0.15, 0.2) is 5.11 Å². The van der Waals surface area contributed by atoms with E-state index in [-0.39, 0.29) is 5.91 Å². The molecule has 0 spiro atoms. The third-order valence-electron chi connectivity index (χ3n) is 1.86. The smallest absolute Gasteiger partial charge is 0.221 e. The van der Waals surface area contributed by atoms with E-state index in [0.29, 0.717) is 13.0 Å². The van der Waals surface area contributed by atoms with Gasteiger partial charge in [-0.15, -0.1) is 0 Å². The van der Waals surface area contributed by atoms with Gasteiger partial charge in [-0.05, 0) is 25.5 Å². The Kier molecular flexibility index (Phi) is 7.59. The van der Waals surface area contributed by atoms with Crippen LogP contribution < -0.4 is 5.32 Å². The Morgan fingerprint density at radius 2 is 2.29 bits per heavy atom. The summed E-state index contributed by atoms with van der Waals surface area (Å²) in [5.41, 5.74) is 8.03. The van der Waals surface area contributed by atoms with Crippen LogP contribution in [0.25, 0.3) is 10.4 Å². The zero-order chi connectivity index (χ0) is 10.8. The fourth-order valence-electron chi connectivity index (χ4n) is 0.985. The number of hydrogen-bond donors (Lipinski definition) is 1. The lowest BCUT2D eigenvalue weighted by molar-refractivity contribution is -0.120. The highest BCUT2D eigenvalue weighted by Gasteiger charge is 2.01. The molecule has 0 saturated carbocycles. The van der Waals surface area contributed by atoms with Gasteiger partial charge in [0.05, 0.1) is 0 Å². The lowest BCUT2D eigenvalue weighted by atomic mass is 10.3. The summed E-state index contributed by atoms with van der Waals surface area (Å²) in [7, 11) is 3.57. The van der Waals surface area contributed by atoms with Crippen molar-refractivity contribution >= 4 is 5.91 Å². The molecule has 0 aromatic heterocycles. The van der Waals surface area contributed by atoms with Gasteiger partial charge < -0.3 is 10.2 Å². The molecule has 1 amide bonds. The molecule has 14 heavy (non-hydrogen) atoms. The summed E-state index contributed by atoms with van der Waals surface area (Å²) in [5, 5.41) is 5.99. The van der Waals surface area contributed by atoms with Crippen molar-refractivity contribution in [2.75, 3.05) is 33.7 Å². The van der Waals surface area contributed by atoms with Gasteiger partial charge in [-0.25, -0.2) is 0 Å². The van der Waals surface area contributed by atoms with E-state index in [4.69, 9.17) is 5.53 Å². The fraction of sp³-hybridized carbons (Fsp3) is 0.875. The summed E-state index contributed by atoms with van der Waals surface area (Å²) in [6, 6.07) is 0. The van der Waals surface area contributed by atoms with Gasteiger partial charge in [0.15, 0.2) is 0 Å². The minimum absolute atomic E-state index is 0.0481. The van der Waals surface area contributed by atoms with Gasteiger partial charge in [0.2, 0.25) is 5.91 Å². The molecule has 0 aliphatic heterocycles. The minimum atomic E-state index is 0.0481. The highest BCUT2D eigenvalue weighted by atomic mass is 16.1. The molecule has 6 heteroatoms. The van der Waals surface area contributed by atoms with Crippen molar-refractivity contribution in [2.45, 2.75) is 12.8 Å². The highest BCUT2D eigenvalue weighted by molar-refractivity contribution is 5.75. The lowest BCUT2D eigenvalue weighted by Crippen LogP contribution is -2.27. The summed E-state index contributed by atoms with van der Waals surface area (Å²) in [5.74, 6) is 0.0481. The first-order chi connectivity index (χ1) is 6.70. The first kappa shape index (κ1) is 12.7. The third kappa shape index (κ3) is 7.39. The van der Waals surface area contributed by atoms with Gasteiger partial charge in [-0.1, -0.05) is 5.11 Å². The molecule has 0 heterocycles.